The van der Waals surface area contributed by atoms with Crippen molar-refractivity contribution >= 4 is 29.3 Å². The Balaban J connectivity index is 1.96. The molecule has 2 N–H and O–H groups in total. The van der Waals surface area contributed by atoms with Gasteiger partial charge in [0.1, 0.15) is 0 Å². The molecular weight excluding hydrogens is 326 g/mol. The number of benzene rings is 1. The van der Waals surface area contributed by atoms with Crippen molar-refractivity contribution in [2.24, 2.45) is 0 Å². The first-order valence-electron chi connectivity index (χ1n) is 7.48. The highest BCUT2D eigenvalue weighted by Gasteiger charge is 2.30. The van der Waals surface area contributed by atoms with E-state index in [-0.39, 0.29) is 11.7 Å². The van der Waals surface area contributed by atoms with E-state index in [0.29, 0.717) is 5.69 Å². The number of amides is 1. The molecule has 24 heavy (non-hydrogen) atoms. The molecule has 0 fully saturated rings. The summed E-state index contributed by atoms with van der Waals surface area (Å²) in [6.45, 7) is 7.14. The van der Waals surface area contributed by atoms with Crippen LogP contribution >= 0.6 is 11.8 Å². The van der Waals surface area contributed by atoms with Crippen molar-refractivity contribution in [2.45, 2.75) is 38.1 Å². The average Bonchev–Trinajstić information content (AvgIpc) is 2.95. The Morgan fingerprint density at radius 2 is 2.04 bits per heavy atom. The van der Waals surface area contributed by atoms with Gasteiger partial charge in [0.25, 0.3) is 0 Å². The van der Waals surface area contributed by atoms with E-state index < -0.39 is 11.5 Å². The van der Waals surface area contributed by atoms with Crippen molar-refractivity contribution in [3.05, 3.63) is 41.7 Å². The molecule has 0 bridgehead atoms. The van der Waals surface area contributed by atoms with Crippen LogP contribution in [0, 0.1) is 13.8 Å². The number of carboxylic acid groups (broad SMARTS) is 1. The molecule has 0 atom stereocenters. The first-order chi connectivity index (χ1) is 11.2. The number of rotatable bonds is 6. The molecule has 6 nitrogen and oxygen atoms in total. The van der Waals surface area contributed by atoms with Gasteiger partial charge in [-0.25, -0.2) is 4.79 Å². The highest BCUT2D eigenvalue weighted by Crippen LogP contribution is 2.23. The van der Waals surface area contributed by atoms with E-state index in [4.69, 9.17) is 0 Å². The van der Waals surface area contributed by atoms with Crippen molar-refractivity contribution in [2.75, 3.05) is 11.1 Å². The fourth-order valence-electron chi connectivity index (χ4n) is 2.09. The Kier molecular flexibility index (Phi) is 5.33. The molecule has 0 aliphatic heterocycles. The van der Waals surface area contributed by atoms with E-state index in [1.165, 1.54) is 34.4 Å². The van der Waals surface area contributed by atoms with Crippen LogP contribution in [0.2, 0.25) is 0 Å². The lowest BCUT2D eigenvalue weighted by Gasteiger charge is -2.19. The normalized spacial score (nSPS) is 11.3. The van der Waals surface area contributed by atoms with Gasteiger partial charge in [-0.05, 0) is 39.3 Å². The van der Waals surface area contributed by atoms with Crippen molar-refractivity contribution in [3.8, 4) is 0 Å². The molecule has 0 saturated carbocycles. The largest absolute Gasteiger partial charge is 0.479 e. The monoisotopic (exact) mass is 347 g/mol. The number of carboxylic acids is 1. The van der Waals surface area contributed by atoms with Gasteiger partial charge >= 0.3 is 5.97 Å². The first kappa shape index (κ1) is 18.1. The molecule has 0 aliphatic rings. The lowest BCUT2D eigenvalue weighted by atomic mass is 10.1. The number of thioether (sulfide) groups is 1. The van der Waals surface area contributed by atoms with Crippen LogP contribution < -0.4 is 5.32 Å². The molecule has 0 unspecified atom stereocenters. The van der Waals surface area contributed by atoms with Crippen molar-refractivity contribution in [1.29, 1.82) is 0 Å². The third-order valence-electron chi connectivity index (χ3n) is 3.65. The fourth-order valence-corrected chi connectivity index (χ4v) is 2.90. The van der Waals surface area contributed by atoms with Crippen LogP contribution in [-0.4, -0.2) is 32.5 Å². The summed E-state index contributed by atoms with van der Waals surface area (Å²) in [5.74, 6) is -0.876. The van der Waals surface area contributed by atoms with Crippen LogP contribution in [0.25, 0.3) is 0 Å². The standard InChI is InChI=1S/C17H21N3O3S/c1-11-5-6-14(12(2)7-11)24-10-15(21)19-13-8-18-20(9-13)17(3,4)16(22)23/h5-9H,10H2,1-4H3,(H,19,21)(H,22,23). The summed E-state index contributed by atoms with van der Waals surface area (Å²) < 4.78 is 1.32. The summed E-state index contributed by atoms with van der Waals surface area (Å²) in [6, 6.07) is 6.11. The quantitative estimate of drug-likeness (QED) is 0.785. The molecule has 0 saturated heterocycles. The van der Waals surface area contributed by atoms with Gasteiger partial charge in [0, 0.05) is 11.1 Å². The Morgan fingerprint density at radius 3 is 2.67 bits per heavy atom. The number of nitrogens with one attached hydrogen (secondary N) is 1. The number of nitrogens with zero attached hydrogens (tertiary/aromatic N) is 2. The number of anilines is 1. The Morgan fingerprint density at radius 1 is 1.33 bits per heavy atom. The van der Waals surface area contributed by atoms with Crippen LogP contribution in [0.3, 0.4) is 0 Å². The second-order valence-electron chi connectivity index (χ2n) is 6.14. The minimum absolute atomic E-state index is 0.160. The number of aromatic nitrogens is 2. The molecule has 1 aromatic heterocycles. The zero-order valence-corrected chi connectivity index (χ0v) is 15.0. The van der Waals surface area contributed by atoms with E-state index >= 15 is 0 Å². The van der Waals surface area contributed by atoms with Gasteiger partial charge in [0.2, 0.25) is 5.91 Å². The van der Waals surface area contributed by atoms with Gasteiger partial charge in [-0.3, -0.25) is 9.48 Å². The van der Waals surface area contributed by atoms with Crippen molar-refractivity contribution in [3.63, 3.8) is 0 Å². The second kappa shape index (κ2) is 7.09. The van der Waals surface area contributed by atoms with Crippen molar-refractivity contribution in [1.82, 2.24) is 9.78 Å². The van der Waals surface area contributed by atoms with Gasteiger partial charge in [-0.2, -0.15) is 5.10 Å². The maximum absolute atomic E-state index is 12.1. The first-order valence-corrected chi connectivity index (χ1v) is 8.47. The summed E-state index contributed by atoms with van der Waals surface area (Å²) in [5.41, 5.74) is 1.64. The molecular formula is C17H21N3O3S. The number of carbonyl (C=O) groups excluding carboxylic acids is 1. The van der Waals surface area contributed by atoms with E-state index in [9.17, 15) is 14.7 Å². The maximum Gasteiger partial charge on any atom is 0.331 e. The molecule has 0 aliphatic carbocycles. The third kappa shape index (κ3) is 4.17. The number of hydrogen-bond acceptors (Lipinski definition) is 4. The highest BCUT2D eigenvalue weighted by atomic mass is 32.2. The smallest absolute Gasteiger partial charge is 0.331 e. The summed E-state index contributed by atoms with van der Waals surface area (Å²) in [6.07, 6.45) is 2.97. The molecule has 0 radical (unpaired) electrons. The summed E-state index contributed by atoms with van der Waals surface area (Å²) >= 11 is 1.47. The summed E-state index contributed by atoms with van der Waals surface area (Å²) in [4.78, 5) is 24.4. The Labute approximate surface area is 145 Å². The highest BCUT2D eigenvalue weighted by molar-refractivity contribution is 8.00. The van der Waals surface area contributed by atoms with Crippen LogP contribution in [0.15, 0.2) is 35.5 Å². The van der Waals surface area contributed by atoms with Gasteiger partial charge in [0.05, 0.1) is 17.6 Å². The van der Waals surface area contributed by atoms with Crippen LogP contribution in [0.4, 0.5) is 5.69 Å². The maximum atomic E-state index is 12.1. The lowest BCUT2D eigenvalue weighted by molar-refractivity contribution is -0.146. The molecule has 2 aromatic rings. The fraction of sp³-hybridized carbons (Fsp3) is 0.353. The van der Waals surface area contributed by atoms with Crippen LogP contribution in [-0.2, 0) is 15.1 Å². The number of aliphatic carboxylic acids is 1. The Hall–Kier alpha value is -2.28. The molecule has 7 heteroatoms. The van der Waals surface area contributed by atoms with Crippen LogP contribution in [0.5, 0.6) is 0 Å². The van der Waals surface area contributed by atoms with Gasteiger partial charge < -0.3 is 10.4 Å². The molecule has 1 aromatic carbocycles. The average molecular weight is 347 g/mol. The zero-order chi connectivity index (χ0) is 17.9. The van der Waals surface area contributed by atoms with E-state index in [1.807, 2.05) is 26.0 Å². The topological polar surface area (TPSA) is 84.2 Å². The minimum atomic E-state index is -1.17. The molecule has 1 heterocycles. The Bertz CT molecular complexity index is 768. The molecule has 0 spiro atoms. The lowest BCUT2D eigenvalue weighted by Crippen LogP contribution is -2.35. The predicted molar refractivity (Wildman–Crippen MR) is 94.5 cm³/mol. The molecule has 1 amide bonds. The number of carbonyl (C=O) groups is 2. The second-order valence-corrected chi connectivity index (χ2v) is 7.16. The van der Waals surface area contributed by atoms with E-state index in [2.05, 4.69) is 16.5 Å². The third-order valence-corrected chi connectivity index (χ3v) is 4.83. The number of hydrogen-bond donors (Lipinski definition) is 2. The summed E-state index contributed by atoms with van der Waals surface area (Å²) in [7, 11) is 0. The van der Waals surface area contributed by atoms with Gasteiger partial charge in [-0.15, -0.1) is 11.8 Å². The zero-order valence-electron chi connectivity index (χ0n) is 14.2. The van der Waals surface area contributed by atoms with Crippen LogP contribution in [0.1, 0.15) is 25.0 Å². The van der Waals surface area contributed by atoms with Crippen molar-refractivity contribution < 1.29 is 14.7 Å². The van der Waals surface area contributed by atoms with E-state index in [1.54, 1.807) is 13.8 Å². The molecule has 2 rings (SSSR count). The van der Waals surface area contributed by atoms with Gasteiger partial charge in [0.15, 0.2) is 5.54 Å². The summed E-state index contributed by atoms with van der Waals surface area (Å²) in [5, 5.41) is 15.9. The minimum Gasteiger partial charge on any atom is -0.479 e. The van der Waals surface area contributed by atoms with Gasteiger partial charge in [-0.1, -0.05) is 17.7 Å². The molecule has 128 valence electrons. The van der Waals surface area contributed by atoms with E-state index in [0.717, 1.165) is 10.5 Å². The SMILES string of the molecule is Cc1ccc(SCC(=O)Nc2cnn(C(C)(C)C(=O)O)c2)c(C)c1. The number of aryl methyl sites for hydroxylation is 2. The predicted octanol–water partition coefficient (Wildman–Crippen LogP) is 3.05.